The molecule has 3 nitrogen and oxygen atoms in total. The number of carboxylic acid groups (broad SMARTS) is 1. The predicted molar refractivity (Wildman–Crippen MR) is 48.4 cm³/mol. The fourth-order valence-corrected chi connectivity index (χ4v) is 1.85. The molecule has 3 heteroatoms. The SMILES string of the molecule is CCC1(C)CCC(C(=O)O)C(=O)C1. The second kappa shape index (κ2) is 3.48. The molecular weight excluding hydrogens is 168 g/mol. The Morgan fingerprint density at radius 1 is 1.69 bits per heavy atom. The van der Waals surface area contributed by atoms with Crippen LogP contribution in [-0.4, -0.2) is 16.9 Å². The van der Waals surface area contributed by atoms with E-state index in [1.165, 1.54) is 0 Å². The Hall–Kier alpha value is -0.860. The van der Waals surface area contributed by atoms with Gasteiger partial charge in [0.05, 0.1) is 0 Å². The lowest BCUT2D eigenvalue weighted by atomic mass is 9.70. The van der Waals surface area contributed by atoms with Crippen LogP contribution in [0, 0.1) is 11.3 Å². The van der Waals surface area contributed by atoms with Crippen molar-refractivity contribution in [2.75, 3.05) is 0 Å². The maximum atomic E-state index is 11.4. The molecule has 1 saturated carbocycles. The van der Waals surface area contributed by atoms with Crippen LogP contribution in [0.3, 0.4) is 0 Å². The van der Waals surface area contributed by atoms with Crippen LogP contribution in [0.1, 0.15) is 39.5 Å². The van der Waals surface area contributed by atoms with Gasteiger partial charge in [0.1, 0.15) is 11.7 Å². The number of hydrogen-bond donors (Lipinski definition) is 1. The Bertz CT molecular complexity index is 234. The minimum absolute atomic E-state index is 0.0447. The van der Waals surface area contributed by atoms with Crippen molar-refractivity contribution in [2.24, 2.45) is 11.3 Å². The molecular formula is C10H16O3. The fourth-order valence-electron chi connectivity index (χ4n) is 1.85. The Morgan fingerprint density at radius 3 is 2.69 bits per heavy atom. The van der Waals surface area contributed by atoms with Gasteiger partial charge in [-0.25, -0.2) is 0 Å². The lowest BCUT2D eigenvalue weighted by molar-refractivity contribution is -0.149. The third kappa shape index (κ3) is 2.08. The van der Waals surface area contributed by atoms with E-state index in [2.05, 4.69) is 6.92 Å². The second-order valence-electron chi connectivity index (χ2n) is 4.24. The summed E-state index contributed by atoms with van der Waals surface area (Å²) in [6.45, 7) is 4.11. The summed E-state index contributed by atoms with van der Waals surface area (Å²) >= 11 is 0. The molecule has 0 heterocycles. The summed E-state index contributed by atoms with van der Waals surface area (Å²) < 4.78 is 0. The molecule has 0 aromatic heterocycles. The summed E-state index contributed by atoms with van der Waals surface area (Å²) in [6, 6.07) is 0. The first-order chi connectivity index (χ1) is 5.98. The van der Waals surface area contributed by atoms with E-state index in [9.17, 15) is 9.59 Å². The molecule has 0 radical (unpaired) electrons. The molecule has 0 aliphatic heterocycles. The molecule has 2 atom stereocenters. The maximum Gasteiger partial charge on any atom is 0.314 e. The van der Waals surface area contributed by atoms with E-state index in [-0.39, 0.29) is 11.2 Å². The van der Waals surface area contributed by atoms with Crippen molar-refractivity contribution in [1.82, 2.24) is 0 Å². The van der Waals surface area contributed by atoms with E-state index < -0.39 is 11.9 Å². The Labute approximate surface area is 78.1 Å². The monoisotopic (exact) mass is 184 g/mol. The summed E-state index contributed by atoms with van der Waals surface area (Å²) in [5.74, 6) is -1.79. The largest absolute Gasteiger partial charge is 0.481 e. The highest BCUT2D eigenvalue weighted by atomic mass is 16.4. The van der Waals surface area contributed by atoms with Crippen molar-refractivity contribution < 1.29 is 14.7 Å². The third-order valence-electron chi connectivity index (χ3n) is 3.18. The number of ketones is 1. The molecule has 0 aromatic rings. The van der Waals surface area contributed by atoms with Crippen LogP contribution in [0.2, 0.25) is 0 Å². The first kappa shape index (κ1) is 10.2. The van der Waals surface area contributed by atoms with Crippen LogP contribution < -0.4 is 0 Å². The van der Waals surface area contributed by atoms with Gasteiger partial charge in [0, 0.05) is 6.42 Å². The van der Waals surface area contributed by atoms with Gasteiger partial charge in [-0.1, -0.05) is 20.3 Å². The van der Waals surface area contributed by atoms with Crippen molar-refractivity contribution in [3.05, 3.63) is 0 Å². The highest BCUT2D eigenvalue weighted by Gasteiger charge is 2.38. The number of rotatable bonds is 2. The average molecular weight is 184 g/mol. The van der Waals surface area contributed by atoms with Gasteiger partial charge in [-0.3, -0.25) is 9.59 Å². The normalized spacial score (nSPS) is 34.6. The molecule has 0 spiro atoms. The summed E-state index contributed by atoms with van der Waals surface area (Å²) in [5, 5.41) is 8.73. The number of hydrogen-bond acceptors (Lipinski definition) is 2. The second-order valence-corrected chi connectivity index (χ2v) is 4.24. The van der Waals surface area contributed by atoms with Crippen LogP contribution in [0.4, 0.5) is 0 Å². The molecule has 1 aliphatic carbocycles. The van der Waals surface area contributed by atoms with Gasteiger partial charge in [0.25, 0.3) is 0 Å². The lowest BCUT2D eigenvalue weighted by Crippen LogP contribution is -2.35. The average Bonchev–Trinajstić information content (AvgIpc) is 2.03. The van der Waals surface area contributed by atoms with E-state index in [1.54, 1.807) is 0 Å². The van der Waals surface area contributed by atoms with Gasteiger partial charge >= 0.3 is 5.97 Å². The van der Waals surface area contributed by atoms with Crippen molar-refractivity contribution in [3.8, 4) is 0 Å². The summed E-state index contributed by atoms with van der Waals surface area (Å²) in [7, 11) is 0. The first-order valence-corrected chi connectivity index (χ1v) is 4.74. The minimum atomic E-state index is -0.955. The van der Waals surface area contributed by atoms with Crippen molar-refractivity contribution in [3.63, 3.8) is 0 Å². The molecule has 0 saturated heterocycles. The van der Waals surface area contributed by atoms with E-state index in [1.807, 2.05) is 6.92 Å². The molecule has 74 valence electrons. The molecule has 1 N–H and O–H groups in total. The van der Waals surface area contributed by atoms with Gasteiger partial charge in [-0.2, -0.15) is 0 Å². The van der Waals surface area contributed by atoms with Crippen LogP contribution in [0.5, 0.6) is 0 Å². The number of aliphatic carboxylic acids is 1. The first-order valence-electron chi connectivity index (χ1n) is 4.74. The van der Waals surface area contributed by atoms with Crippen LogP contribution in [0.15, 0.2) is 0 Å². The predicted octanol–water partition coefficient (Wildman–Crippen LogP) is 1.86. The Morgan fingerprint density at radius 2 is 2.31 bits per heavy atom. The molecule has 1 fully saturated rings. The number of carboxylic acids is 1. The van der Waals surface area contributed by atoms with Crippen molar-refractivity contribution in [2.45, 2.75) is 39.5 Å². The van der Waals surface area contributed by atoms with Gasteiger partial charge < -0.3 is 5.11 Å². The molecule has 0 amide bonds. The van der Waals surface area contributed by atoms with E-state index in [0.717, 1.165) is 12.8 Å². The summed E-state index contributed by atoms with van der Waals surface area (Å²) in [6.07, 6.45) is 2.75. The zero-order valence-corrected chi connectivity index (χ0v) is 8.17. The summed E-state index contributed by atoms with van der Waals surface area (Å²) in [4.78, 5) is 22.1. The standard InChI is InChI=1S/C10H16O3/c1-3-10(2)5-4-7(9(12)13)8(11)6-10/h7H,3-6H2,1-2H3,(H,12,13). The smallest absolute Gasteiger partial charge is 0.314 e. The zero-order valence-electron chi connectivity index (χ0n) is 8.17. The molecule has 0 bridgehead atoms. The zero-order chi connectivity index (χ0) is 10.1. The highest BCUT2D eigenvalue weighted by Crippen LogP contribution is 2.39. The third-order valence-corrected chi connectivity index (χ3v) is 3.18. The Balaban J connectivity index is 2.67. The summed E-state index contributed by atoms with van der Waals surface area (Å²) in [5.41, 5.74) is 0.0447. The van der Waals surface area contributed by atoms with Crippen LogP contribution in [0.25, 0.3) is 0 Å². The highest BCUT2D eigenvalue weighted by molar-refractivity contribution is 5.98. The maximum absolute atomic E-state index is 11.4. The lowest BCUT2D eigenvalue weighted by Gasteiger charge is -2.33. The van der Waals surface area contributed by atoms with Crippen molar-refractivity contribution in [1.29, 1.82) is 0 Å². The van der Waals surface area contributed by atoms with Gasteiger partial charge in [0.2, 0.25) is 0 Å². The Kier molecular flexibility index (Phi) is 2.74. The van der Waals surface area contributed by atoms with Gasteiger partial charge in [0.15, 0.2) is 0 Å². The quantitative estimate of drug-likeness (QED) is 0.666. The van der Waals surface area contributed by atoms with Gasteiger partial charge in [-0.15, -0.1) is 0 Å². The topological polar surface area (TPSA) is 54.4 Å². The molecule has 1 aliphatic rings. The molecule has 1 rings (SSSR count). The van der Waals surface area contributed by atoms with E-state index >= 15 is 0 Å². The molecule has 2 unspecified atom stereocenters. The number of carbonyl (C=O) groups is 2. The molecule has 13 heavy (non-hydrogen) atoms. The number of Topliss-reactive ketones (excluding diaryl/α,β-unsaturated/α-hetero) is 1. The van der Waals surface area contributed by atoms with Gasteiger partial charge in [-0.05, 0) is 18.3 Å². The van der Waals surface area contributed by atoms with Crippen molar-refractivity contribution >= 4 is 11.8 Å². The minimum Gasteiger partial charge on any atom is -0.481 e. The fraction of sp³-hybridized carbons (Fsp3) is 0.800. The van der Waals surface area contributed by atoms with Crippen LogP contribution >= 0.6 is 0 Å². The number of carbonyl (C=O) groups excluding carboxylic acids is 1. The molecule has 0 aromatic carbocycles. The van der Waals surface area contributed by atoms with E-state index in [0.29, 0.717) is 12.8 Å². The van der Waals surface area contributed by atoms with E-state index in [4.69, 9.17) is 5.11 Å². The van der Waals surface area contributed by atoms with Crippen LogP contribution in [-0.2, 0) is 9.59 Å².